The average Bonchev–Trinajstić information content (AvgIpc) is 2.96. The smallest absolute Gasteiger partial charge is 0.163 e. The minimum absolute atomic E-state index is 0.144. The molecule has 130 valence electrons. The van der Waals surface area contributed by atoms with E-state index in [2.05, 4.69) is 4.57 Å². The number of imidazole rings is 1. The maximum absolute atomic E-state index is 9.25. The molecule has 6 heteroatoms. The van der Waals surface area contributed by atoms with Gasteiger partial charge in [0.1, 0.15) is 19.0 Å². The van der Waals surface area contributed by atoms with Crippen LogP contribution in [0, 0.1) is 0 Å². The first-order chi connectivity index (χ1) is 12.2. The van der Waals surface area contributed by atoms with Crippen molar-refractivity contribution < 1.29 is 14.6 Å². The zero-order chi connectivity index (χ0) is 17.2. The summed E-state index contributed by atoms with van der Waals surface area (Å²) >= 11 is 0. The Morgan fingerprint density at radius 2 is 1.80 bits per heavy atom. The van der Waals surface area contributed by atoms with Crippen molar-refractivity contribution in [3.05, 3.63) is 47.8 Å². The molecular weight excluding hydrogens is 318 g/mol. The lowest BCUT2D eigenvalue weighted by Crippen LogP contribution is -2.15. The number of aromatic nitrogens is 2. The highest BCUT2D eigenvalue weighted by molar-refractivity contribution is 5.81. The summed E-state index contributed by atoms with van der Waals surface area (Å²) in [6, 6.07) is 11.8. The Morgan fingerprint density at radius 1 is 1.08 bits per heavy atom. The van der Waals surface area contributed by atoms with E-state index in [1.54, 1.807) is 0 Å². The molecule has 3 aromatic rings. The summed E-state index contributed by atoms with van der Waals surface area (Å²) in [7, 11) is 0. The van der Waals surface area contributed by atoms with Crippen LogP contribution in [0.1, 0.15) is 17.8 Å². The molecular formula is C19H21N3O3. The molecule has 3 N–H and O–H groups in total. The topological polar surface area (TPSA) is 82.5 Å². The van der Waals surface area contributed by atoms with E-state index >= 15 is 0 Å². The number of nitrogens with two attached hydrogens (primary N) is 1. The normalized spacial score (nSPS) is 13.3. The van der Waals surface area contributed by atoms with Crippen LogP contribution in [0.3, 0.4) is 0 Å². The molecule has 1 aliphatic heterocycles. The molecule has 0 saturated carbocycles. The van der Waals surface area contributed by atoms with Gasteiger partial charge in [-0.3, -0.25) is 0 Å². The van der Waals surface area contributed by atoms with Crippen molar-refractivity contribution in [2.75, 3.05) is 25.6 Å². The van der Waals surface area contributed by atoms with Crippen molar-refractivity contribution in [2.24, 2.45) is 0 Å². The third kappa shape index (κ3) is 3.13. The highest BCUT2D eigenvalue weighted by Crippen LogP contribution is 2.35. The number of fused-ring (bicyclic) bond motifs is 2. The first-order valence-electron chi connectivity index (χ1n) is 8.48. The Kier molecular flexibility index (Phi) is 4.19. The van der Waals surface area contributed by atoms with Gasteiger partial charge in [-0.1, -0.05) is 12.1 Å². The molecule has 25 heavy (non-hydrogen) atoms. The minimum atomic E-state index is 0.144. The van der Waals surface area contributed by atoms with Gasteiger partial charge in [-0.25, -0.2) is 4.98 Å². The number of nitrogens with zero attached hydrogens (tertiary/aromatic N) is 2. The van der Waals surface area contributed by atoms with Crippen molar-refractivity contribution in [3.8, 4) is 11.5 Å². The van der Waals surface area contributed by atoms with Gasteiger partial charge in [0.05, 0.1) is 11.0 Å². The van der Waals surface area contributed by atoms with Gasteiger partial charge in [0.2, 0.25) is 0 Å². The number of anilines is 1. The molecule has 1 aliphatic rings. The lowest BCUT2D eigenvalue weighted by Gasteiger charge is -2.18. The third-order valence-electron chi connectivity index (χ3n) is 4.37. The molecule has 0 spiro atoms. The second kappa shape index (κ2) is 6.64. The Bertz CT molecular complexity index is 887. The van der Waals surface area contributed by atoms with Gasteiger partial charge in [0, 0.05) is 37.4 Å². The molecule has 0 radical (unpaired) electrons. The molecule has 0 atom stereocenters. The van der Waals surface area contributed by atoms with Gasteiger partial charge in [0.15, 0.2) is 11.5 Å². The molecule has 0 fully saturated rings. The van der Waals surface area contributed by atoms with Crippen LogP contribution in [-0.4, -0.2) is 34.5 Å². The van der Waals surface area contributed by atoms with Gasteiger partial charge in [-0.2, -0.15) is 0 Å². The van der Waals surface area contributed by atoms with E-state index in [1.807, 2.05) is 36.4 Å². The van der Waals surface area contributed by atoms with Crippen LogP contribution in [0.15, 0.2) is 36.4 Å². The second-order valence-electron chi connectivity index (χ2n) is 6.16. The minimum Gasteiger partial charge on any atom is -0.486 e. The summed E-state index contributed by atoms with van der Waals surface area (Å²) in [5.41, 5.74) is 9.55. The van der Waals surface area contributed by atoms with E-state index in [1.165, 1.54) is 0 Å². The van der Waals surface area contributed by atoms with E-state index < -0.39 is 0 Å². The Labute approximate surface area is 145 Å². The number of nitrogen functional groups attached to an aromatic ring is 1. The summed E-state index contributed by atoms with van der Waals surface area (Å²) < 4.78 is 13.5. The lowest BCUT2D eigenvalue weighted by molar-refractivity contribution is 0.172. The number of aliphatic hydroxyl groups excluding tert-OH is 1. The van der Waals surface area contributed by atoms with Gasteiger partial charge in [-0.05, 0) is 24.1 Å². The predicted octanol–water partition coefficient (Wildman–Crippen LogP) is 2.36. The average molecular weight is 339 g/mol. The van der Waals surface area contributed by atoms with E-state index in [9.17, 15) is 5.11 Å². The van der Waals surface area contributed by atoms with E-state index in [4.69, 9.17) is 20.2 Å². The molecule has 0 saturated heterocycles. The molecule has 2 heterocycles. The number of aliphatic hydroxyl groups is 1. The Balaban J connectivity index is 1.76. The SMILES string of the molecule is Nc1ccc(Cc2nc3cc4c(cc3n2CCCO)OCCO4)cc1. The molecule has 0 aliphatic carbocycles. The van der Waals surface area contributed by atoms with Crippen molar-refractivity contribution in [3.63, 3.8) is 0 Å². The number of aryl methyl sites for hydroxylation is 1. The zero-order valence-corrected chi connectivity index (χ0v) is 13.9. The number of ether oxygens (including phenoxy) is 2. The first kappa shape index (κ1) is 15.8. The monoisotopic (exact) mass is 339 g/mol. The van der Waals surface area contributed by atoms with Crippen LogP contribution in [-0.2, 0) is 13.0 Å². The van der Waals surface area contributed by atoms with Crippen molar-refractivity contribution in [1.82, 2.24) is 9.55 Å². The fourth-order valence-electron chi connectivity index (χ4n) is 3.14. The molecule has 6 nitrogen and oxygen atoms in total. The number of hydrogen-bond acceptors (Lipinski definition) is 5. The standard InChI is InChI=1S/C19H21N3O3/c20-14-4-2-13(3-5-14)10-19-21-15-11-17-18(25-9-8-24-17)12-16(15)22(19)6-1-7-23/h2-5,11-12,23H,1,6-10,20H2. The second-order valence-corrected chi connectivity index (χ2v) is 6.16. The van der Waals surface area contributed by atoms with E-state index in [-0.39, 0.29) is 6.61 Å². The van der Waals surface area contributed by atoms with Gasteiger partial charge in [0.25, 0.3) is 0 Å². The maximum Gasteiger partial charge on any atom is 0.163 e. The highest BCUT2D eigenvalue weighted by Gasteiger charge is 2.18. The summed E-state index contributed by atoms with van der Waals surface area (Å²) in [6.07, 6.45) is 1.38. The quantitative estimate of drug-likeness (QED) is 0.697. The van der Waals surface area contributed by atoms with Crippen LogP contribution >= 0.6 is 0 Å². The molecule has 0 amide bonds. The Morgan fingerprint density at radius 3 is 2.52 bits per heavy atom. The third-order valence-corrected chi connectivity index (χ3v) is 4.37. The molecule has 4 rings (SSSR count). The molecule has 1 aromatic heterocycles. The number of benzene rings is 2. The molecule has 0 bridgehead atoms. The highest BCUT2D eigenvalue weighted by atomic mass is 16.6. The van der Waals surface area contributed by atoms with E-state index in [0.717, 1.165) is 39.6 Å². The van der Waals surface area contributed by atoms with Crippen LogP contribution in [0.25, 0.3) is 11.0 Å². The van der Waals surface area contributed by atoms with Crippen molar-refractivity contribution in [1.29, 1.82) is 0 Å². The van der Waals surface area contributed by atoms with E-state index in [0.29, 0.717) is 32.6 Å². The summed E-state index contributed by atoms with van der Waals surface area (Å²) in [4.78, 5) is 4.81. The van der Waals surface area contributed by atoms with Crippen LogP contribution < -0.4 is 15.2 Å². The lowest BCUT2D eigenvalue weighted by atomic mass is 10.1. The number of hydrogen-bond donors (Lipinski definition) is 2. The van der Waals surface area contributed by atoms with Crippen molar-refractivity contribution >= 4 is 16.7 Å². The van der Waals surface area contributed by atoms with Crippen LogP contribution in [0.4, 0.5) is 5.69 Å². The Hall–Kier alpha value is -2.73. The fourth-order valence-corrected chi connectivity index (χ4v) is 3.14. The van der Waals surface area contributed by atoms with Gasteiger partial charge < -0.3 is 24.9 Å². The first-order valence-corrected chi connectivity index (χ1v) is 8.48. The molecule has 0 unspecified atom stereocenters. The summed E-state index contributed by atoms with van der Waals surface area (Å²) in [5, 5.41) is 9.25. The summed E-state index contributed by atoms with van der Waals surface area (Å²) in [5.74, 6) is 2.45. The van der Waals surface area contributed by atoms with Crippen molar-refractivity contribution in [2.45, 2.75) is 19.4 Å². The number of rotatable bonds is 5. The zero-order valence-electron chi connectivity index (χ0n) is 13.9. The molecule has 2 aromatic carbocycles. The van der Waals surface area contributed by atoms with Crippen LogP contribution in [0.2, 0.25) is 0 Å². The fraction of sp³-hybridized carbons (Fsp3) is 0.316. The van der Waals surface area contributed by atoms with Crippen LogP contribution in [0.5, 0.6) is 11.5 Å². The predicted molar refractivity (Wildman–Crippen MR) is 96.1 cm³/mol. The largest absolute Gasteiger partial charge is 0.486 e. The van der Waals surface area contributed by atoms with Gasteiger partial charge >= 0.3 is 0 Å². The van der Waals surface area contributed by atoms with Gasteiger partial charge in [-0.15, -0.1) is 0 Å². The summed E-state index contributed by atoms with van der Waals surface area (Å²) in [6.45, 7) is 1.96. The maximum atomic E-state index is 9.25.